The Morgan fingerprint density at radius 3 is 3.06 bits per heavy atom. The smallest absolute Gasteiger partial charge is 0.188 e. The minimum Gasteiger partial charge on any atom is -0.486 e. The average molecular weight is 336 g/mol. The van der Waals surface area contributed by atoms with Crippen LogP contribution in [-0.4, -0.2) is 49.0 Å². The van der Waals surface area contributed by atoms with Crippen molar-refractivity contribution < 1.29 is 14.6 Å². The maximum atomic E-state index is 9.17. The second-order valence-electron chi connectivity index (χ2n) is 4.47. The van der Waals surface area contributed by atoms with Crippen molar-refractivity contribution >= 4 is 27.3 Å². The van der Waals surface area contributed by atoms with E-state index in [9.17, 15) is 5.11 Å². The summed E-state index contributed by atoms with van der Waals surface area (Å²) in [4.78, 5) is 3.59. The molecule has 0 aromatic carbocycles. The first-order valence-electron chi connectivity index (χ1n) is 5.92. The Morgan fingerprint density at radius 2 is 2.44 bits per heavy atom. The third-order valence-electron chi connectivity index (χ3n) is 3.09. The van der Waals surface area contributed by atoms with Crippen molar-refractivity contribution in [2.75, 3.05) is 26.9 Å². The average Bonchev–Trinajstić information content (AvgIpc) is 2.72. The fourth-order valence-corrected chi connectivity index (χ4v) is 3.74. The van der Waals surface area contributed by atoms with Gasteiger partial charge in [-0.2, -0.15) is 0 Å². The van der Waals surface area contributed by atoms with Crippen LogP contribution in [0.15, 0.2) is 10.5 Å². The predicted octanol–water partition coefficient (Wildman–Crippen LogP) is 2.10. The Hall–Kier alpha value is -0.140. The van der Waals surface area contributed by atoms with Gasteiger partial charge in [0.25, 0.3) is 0 Å². The molecule has 1 aromatic rings. The summed E-state index contributed by atoms with van der Waals surface area (Å²) in [5.74, 6) is 0. The van der Waals surface area contributed by atoms with Crippen molar-refractivity contribution in [2.24, 2.45) is 0 Å². The van der Waals surface area contributed by atoms with Crippen LogP contribution in [-0.2, 0) is 11.3 Å². The maximum absolute atomic E-state index is 9.17. The third-order valence-corrected chi connectivity index (χ3v) is 5.02. The Balaban J connectivity index is 2.02. The van der Waals surface area contributed by atoms with Gasteiger partial charge in [0, 0.05) is 24.0 Å². The highest BCUT2D eigenvalue weighted by Crippen LogP contribution is 2.35. The summed E-state index contributed by atoms with van der Waals surface area (Å²) in [6.07, 6.45) is -0.0634. The second-order valence-corrected chi connectivity index (χ2v) is 6.42. The van der Waals surface area contributed by atoms with Crippen molar-refractivity contribution in [2.45, 2.75) is 25.6 Å². The molecule has 6 heteroatoms. The molecular weight excluding hydrogens is 318 g/mol. The molecule has 0 saturated carbocycles. The number of morpholine rings is 1. The molecule has 2 atom stereocenters. The molecule has 0 unspecified atom stereocenters. The van der Waals surface area contributed by atoms with Gasteiger partial charge in [-0.3, -0.25) is 4.90 Å². The number of nitrogens with zero attached hydrogens (tertiary/aromatic N) is 1. The molecule has 2 heterocycles. The fourth-order valence-electron chi connectivity index (χ4n) is 2.02. The highest BCUT2D eigenvalue weighted by atomic mass is 79.9. The van der Waals surface area contributed by atoms with Crippen molar-refractivity contribution in [1.82, 2.24) is 4.90 Å². The number of hydrogen-bond donors (Lipinski definition) is 1. The molecule has 4 nitrogen and oxygen atoms in total. The lowest BCUT2D eigenvalue weighted by atomic mass is 10.2. The van der Waals surface area contributed by atoms with E-state index < -0.39 is 0 Å². The summed E-state index contributed by atoms with van der Waals surface area (Å²) in [6.45, 7) is 4.55. The molecule has 1 aliphatic heterocycles. The summed E-state index contributed by atoms with van der Waals surface area (Å²) < 4.78 is 11.8. The molecule has 0 amide bonds. The molecule has 1 saturated heterocycles. The number of ether oxygens (including phenoxy) is 2. The van der Waals surface area contributed by atoms with E-state index in [0.29, 0.717) is 12.6 Å². The molecule has 0 radical (unpaired) electrons. The molecule has 102 valence electrons. The van der Waals surface area contributed by atoms with Crippen molar-refractivity contribution in [1.29, 1.82) is 0 Å². The van der Waals surface area contributed by atoms with E-state index in [1.807, 2.05) is 0 Å². The van der Waals surface area contributed by atoms with Crippen LogP contribution in [0.1, 0.15) is 11.8 Å². The van der Waals surface area contributed by atoms with Crippen LogP contribution in [0.5, 0.6) is 5.06 Å². The number of halogens is 1. The lowest BCUT2D eigenvalue weighted by molar-refractivity contribution is -0.0802. The minimum atomic E-state index is -0.0634. The number of aliphatic hydroxyl groups excluding tert-OH is 1. The maximum Gasteiger partial charge on any atom is 0.188 e. The topological polar surface area (TPSA) is 41.9 Å². The zero-order valence-electron chi connectivity index (χ0n) is 10.6. The molecule has 1 aliphatic rings. The van der Waals surface area contributed by atoms with Crippen LogP contribution in [0.25, 0.3) is 0 Å². The lowest BCUT2D eigenvalue weighted by Crippen LogP contribution is -2.48. The third kappa shape index (κ3) is 3.24. The van der Waals surface area contributed by atoms with Gasteiger partial charge in [-0.1, -0.05) is 0 Å². The van der Waals surface area contributed by atoms with Crippen LogP contribution in [0.2, 0.25) is 0 Å². The quantitative estimate of drug-likeness (QED) is 0.914. The normalized spacial score (nSPS) is 25.3. The Morgan fingerprint density at radius 1 is 1.67 bits per heavy atom. The zero-order chi connectivity index (χ0) is 13.1. The summed E-state index contributed by atoms with van der Waals surface area (Å²) >= 11 is 5.13. The van der Waals surface area contributed by atoms with Crippen LogP contribution in [0, 0.1) is 0 Å². The fraction of sp³-hybridized carbons (Fsp3) is 0.667. The highest BCUT2D eigenvalue weighted by Gasteiger charge is 2.26. The van der Waals surface area contributed by atoms with Gasteiger partial charge in [0.15, 0.2) is 5.06 Å². The largest absolute Gasteiger partial charge is 0.486 e. The first-order chi connectivity index (χ1) is 8.63. The number of thiophene rings is 1. The summed E-state index contributed by atoms with van der Waals surface area (Å²) in [5, 5.41) is 10.1. The van der Waals surface area contributed by atoms with Gasteiger partial charge in [-0.15, -0.1) is 11.3 Å². The van der Waals surface area contributed by atoms with Gasteiger partial charge in [-0.25, -0.2) is 0 Å². The molecular formula is C12H18BrNO3S. The van der Waals surface area contributed by atoms with Crippen molar-refractivity contribution in [3.8, 4) is 5.06 Å². The molecule has 0 spiro atoms. The van der Waals surface area contributed by atoms with Gasteiger partial charge >= 0.3 is 0 Å². The number of rotatable bonds is 4. The number of aliphatic hydroxyl groups is 1. The van der Waals surface area contributed by atoms with Crippen LogP contribution < -0.4 is 4.74 Å². The molecule has 1 aromatic heterocycles. The Kier molecular flexibility index (Phi) is 5.03. The monoisotopic (exact) mass is 335 g/mol. The van der Waals surface area contributed by atoms with Crippen molar-refractivity contribution in [3.63, 3.8) is 0 Å². The SMILES string of the molecule is COc1sc(CN2C[C@H](CO)OC[C@H]2C)cc1Br. The summed E-state index contributed by atoms with van der Waals surface area (Å²) in [5.41, 5.74) is 0. The first-order valence-corrected chi connectivity index (χ1v) is 7.53. The molecule has 0 aliphatic carbocycles. The van der Waals surface area contributed by atoms with Crippen molar-refractivity contribution in [3.05, 3.63) is 15.4 Å². The minimum absolute atomic E-state index is 0.0634. The van der Waals surface area contributed by atoms with Crippen LogP contribution >= 0.6 is 27.3 Å². The van der Waals surface area contributed by atoms with E-state index in [1.54, 1.807) is 18.4 Å². The van der Waals surface area contributed by atoms with Crippen LogP contribution in [0.3, 0.4) is 0 Å². The lowest BCUT2D eigenvalue weighted by Gasteiger charge is -2.37. The summed E-state index contributed by atoms with van der Waals surface area (Å²) in [6, 6.07) is 2.47. The Bertz CT molecular complexity index is 399. The summed E-state index contributed by atoms with van der Waals surface area (Å²) in [7, 11) is 1.68. The molecule has 0 bridgehead atoms. The number of methoxy groups -OCH3 is 1. The molecule has 1 N–H and O–H groups in total. The standard InChI is InChI=1S/C12H18BrNO3S/c1-8-7-17-9(6-15)4-14(8)5-10-3-11(13)12(16-2)18-10/h3,8-9,15H,4-7H2,1-2H3/t8-,9-/m1/s1. The van der Waals surface area contributed by atoms with Gasteiger partial charge in [0.2, 0.25) is 0 Å². The van der Waals surface area contributed by atoms with E-state index >= 15 is 0 Å². The van der Waals surface area contributed by atoms with Gasteiger partial charge < -0.3 is 14.6 Å². The van der Waals surface area contributed by atoms with E-state index in [-0.39, 0.29) is 12.7 Å². The predicted molar refractivity (Wildman–Crippen MR) is 75.3 cm³/mol. The first kappa shape index (κ1) is 14.3. The molecule has 1 fully saturated rings. The second kappa shape index (κ2) is 6.34. The molecule has 2 rings (SSSR count). The Labute approximate surface area is 120 Å². The number of hydrogen-bond acceptors (Lipinski definition) is 5. The van der Waals surface area contributed by atoms with E-state index in [4.69, 9.17) is 9.47 Å². The van der Waals surface area contributed by atoms with E-state index in [2.05, 4.69) is 33.8 Å². The van der Waals surface area contributed by atoms with Gasteiger partial charge in [0.05, 0.1) is 30.9 Å². The van der Waals surface area contributed by atoms with Gasteiger partial charge in [0.1, 0.15) is 0 Å². The van der Waals surface area contributed by atoms with E-state index in [0.717, 1.165) is 22.6 Å². The van der Waals surface area contributed by atoms with Crippen LogP contribution in [0.4, 0.5) is 0 Å². The van der Waals surface area contributed by atoms with Gasteiger partial charge in [-0.05, 0) is 28.9 Å². The zero-order valence-corrected chi connectivity index (χ0v) is 13.0. The highest BCUT2D eigenvalue weighted by molar-refractivity contribution is 9.10. The molecule has 18 heavy (non-hydrogen) atoms. The van der Waals surface area contributed by atoms with E-state index in [1.165, 1.54) is 4.88 Å².